The Kier molecular flexibility index (Phi) is 6.96. The average Bonchev–Trinajstić information content (AvgIpc) is 3.01. The minimum atomic E-state index is -0.999. The van der Waals surface area contributed by atoms with Gasteiger partial charge in [-0.3, -0.25) is 19.8 Å². The molecule has 1 saturated heterocycles. The average molecular weight is 443 g/mol. The van der Waals surface area contributed by atoms with Gasteiger partial charge in [0, 0.05) is 12.1 Å². The van der Waals surface area contributed by atoms with E-state index in [-0.39, 0.29) is 21.5 Å². The minimum absolute atomic E-state index is 0.0791. The van der Waals surface area contributed by atoms with E-state index in [4.69, 9.17) is 17.0 Å². The summed E-state index contributed by atoms with van der Waals surface area (Å²) in [4.78, 5) is 38.0. The molecule has 1 atom stereocenters. The summed E-state index contributed by atoms with van der Waals surface area (Å²) in [5, 5.41) is 11.0. The van der Waals surface area contributed by atoms with Crippen molar-refractivity contribution in [3.05, 3.63) is 80.7 Å². The molecule has 0 spiro atoms. The molecule has 9 heteroatoms. The second-order valence-corrected chi connectivity index (χ2v) is 8.06. The quantitative estimate of drug-likeness (QED) is 0.205. The van der Waals surface area contributed by atoms with Crippen molar-refractivity contribution in [3.63, 3.8) is 0 Å². The highest BCUT2D eigenvalue weighted by atomic mass is 32.2. The van der Waals surface area contributed by atoms with Crippen LogP contribution in [0.3, 0.4) is 0 Å². The number of esters is 1. The maximum Gasteiger partial charge on any atom is 0.333 e. The summed E-state index contributed by atoms with van der Waals surface area (Å²) in [6.45, 7) is 2.12. The molecule has 30 heavy (non-hydrogen) atoms. The number of non-ortho nitro benzene ring substituents is 1. The third kappa shape index (κ3) is 4.74. The predicted octanol–water partition coefficient (Wildman–Crippen LogP) is 4.49. The lowest BCUT2D eigenvalue weighted by atomic mass is 10.1. The van der Waals surface area contributed by atoms with Crippen molar-refractivity contribution < 1.29 is 19.2 Å². The van der Waals surface area contributed by atoms with Crippen LogP contribution in [0, 0.1) is 10.1 Å². The summed E-state index contributed by atoms with van der Waals surface area (Å²) in [5.74, 6) is -1.00. The first-order valence-corrected chi connectivity index (χ1v) is 10.4. The molecule has 0 N–H and O–H groups in total. The van der Waals surface area contributed by atoms with E-state index >= 15 is 0 Å². The van der Waals surface area contributed by atoms with Crippen LogP contribution in [0.15, 0.2) is 59.5 Å². The van der Waals surface area contributed by atoms with Crippen molar-refractivity contribution in [2.75, 3.05) is 6.61 Å². The Morgan fingerprint density at radius 3 is 2.67 bits per heavy atom. The third-order valence-electron chi connectivity index (χ3n) is 4.25. The molecule has 154 valence electrons. The molecule has 0 aliphatic carbocycles. The van der Waals surface area contributed by atoms with Gasteiger partial charge in [-0.25, -0.2) is 4.79 Å². The zero-order chi connectivity index (χ0) is 21.7. The number of carbonyl (C=O) groups excluding carboxylic acids is 2. The molecule has 3 rings (SSSR count). The molecule has 0 radical (unpaired) electrons. The largest absolute Gasteiger partial charge is 0.464 e. The highest BCUT2D eigenvalue weighted by molar-refractivity contribution is 8.26. The van der Waals surface area contributed by atoms with Gasteiger partial charge in [0.2, 0.25) is 0 Å². The molecule has 1 fully saturated rings. The summed E-state index contributed by atoms with van der Waals surface area (Å²) in [6.07, 6.45) is 2.18. The maximum atomic E-state index is 13.1. The van der Waals surface area contributed by atoms with Crippen LogP contribution in [0.4, 0.5) is 5.69 Å². The smallest absolute Gasteiger partial charge is 0.333 e. The Bertz CT molecular complexity index is 1020. The number of nitro groups is 1. The number of thioether (sulfide) groups is 1. The van der Waals surface area contributed by atoms with Gasteiger partial charge in [0.1, 0.15) is 4.32 Å². The highest BCUT2D eigenvalue weighted by Crippen LogP contribution is 2.39. The normalized spacial score (nSPS) is 16.0. The standard InChI is InChI=1S/C21H18N2O5S2/c1-2-11-28-20(25)18(15-8-4-3-5-9-15)22-19(24)17(30-21(22)29)13-14-7-6-10-16(12-14)23(26)27/h3-10,12-13,18H,2,11H2,1H3/b17-13-. The number of benzene rings is 2. The van der Waals surface area contributed by atoms with E-state index in [1.165, 1.54) is 23.1 Å². The number of hydrogen-bond donors (Lipinski definition) is 0. The van der Waals surface area contributed by atoms with Gasteiger partial charge in [-0.1, -0.05) is 73.4 Å². The molecule has 1 aliphatic rings. The van der Waals surface area contributed by atoms with Crippen LogP contribution < -0.4 is 0 Å². The fourth-order valence-corrected chi connectivity index (χ4v) is 4.20. The first-order valence-electron chi connectivity index (χ1n) is 9.15. The van der Waals surface area contributed by atoms with Crippen LogP contribution in [-0.2, 0) is 14.3 Å². The van der Waals surface area contributed by atoms with Crippen molar-refractivity contribution in [3.8, 4) is 0 Å². The fourth-order valence-electron chi connectivity index (χ4n) is 2.89. The molecule has 0 bridgehead atoms. The van der Waals surface area contributed by atoms with Gasteiger partial charge >= 0.3 is 5.97 Å². The molecule has 0 aromatic heterocycles. The van der Waals surface area contributed by atoms with Crippen LogP contribution in [0.2, 0.25) is 0 Å². The van der Waals surface area contributed by atoms with Crippen molar-refractivity contribution >= 4 is 51.9 Å². The molecule has 7 nitrogen and oxygen atoms in total. The van der Waals surface area contributed by atoms with Gasteiger partial charge in [0.15, 0.2) is 6.04 Å². The molecule has 2 aromatic rings. The summed E-state index contributed by atoms with van der Waals surface area (Å²) in [6, 6.07) is 13.8. The lowest BCUT2D eigenvalue weighted by Crippen LogP contribution is -2.38. The van der Waals surface area contributed by atoms with Crippen LogP contribution >= 0.6 is 24.0 Å². The van der Waals surface area contributed by atoms with Gasteiger partial charge in [-0.05, 0) is 23.6 Å². The first-order chi connectivity index (χ1) is 14.4. The zero-order valence-electron chi connectivity index (χ0n) is 16.0. The number of carbonyl (C=O) groups is 2. The van der Waals surface area contributed by atoms with Crippen LogP contribution in [0.25, 0.3) is 6.08 Å². The van der Waals surface area contributed by atoms with Crippen LogP contribution in [-0.4, -0.2) is 32.6 Å². The molecule has 1 unspecified atom stereocenters. The number of rotatable bonds is 7. The topological polar surface area (TPSA) is 89.8 Å². The van der Waals surface area contributed by atoms with Gasteiger partial charge in [0.25, 0.3) is 11.6 Å². The van der Waals surface area contributed by atoms with Crippen molar-refractivity contribution in [2.24, 2.45) is 0 Å². The van der Waals surface area contributed by atoms with E-state index in [1.807, 2.05) is 13.0 Å². The summed E-state index contributed by atoms with van der Waals surface area (Å²) in [5.41, 5.74) is 1.01. The molecule has 1 heterocycles. The minimum Gasteiger partial charge on any atom is -0.464 e. The number of hydrogen-bond acceptors (Lipinski definition) is 7. The molecule has 1 aliphatic heterocycles. The van der Waals surface area contributed by atoms with E-state index < -0.39 is 22.8 Å². The van der Waals surface area contributed by atoms with E-state index in [0.29, 0.717) is 17.5 Å². The number of nitro benzene ring substituents is 1. The van der Waals surface area contributed by atoms with E-state index in [2.05, 4.69) is 0 Å². The van der Waals surface area contributed by atoms with Crippen LogP contribution in [0.1, 0.15) is 30.5 Å². The van der Waals surface area contributed by atoms with E-state index in [1.54, 1.807) is 36.4 Å². The third-order valence-corrected chi connectivity index (χ3v) is 5.58. The summed E-state index contributed by atoms with van der Waals surface area (Å²) >= 11 is 6.44. The monoisotopic (exact) mass is 442 g/mol. The van der Waals surface area contributed by atoms with Crippen LogP contribution in [0.5, 0.6) is 0 Å². The van der Waals surface area contributed by atoms with Gasteiger partial charge in [-0.2, -0.15) is 0 Å². The maximum absolute atomic E-state index is 13.1. The lowest BCUT2D eigenvalue weighted by molar-refractivity contribution is -0.384. The number of amides is 1. The Labute approximate surface area is 182 Å². The van der Waals surface area contributed by atoms with E-state index in [0.717, 1.165) is 11.8 Å². The summed E-state index contributed by atoms with van der Waals surface area (Å²) in [7, 11) is 0. The number of thiocarbonyl (C=S) groups is 1. The second-order valence-electron chi connectivity index (χ2n) is 6.38. The van der Waals surface area contributed by atoms with Crippen molar-refractivity contribution in [1.82, 2.24) is 4.90 Å². The molecule has 0 saturated carbocycles. The molecular weight excluding hydrogens is 424 g/mol. The predicted molar refractivity (Wildman–Crippen MR) is 119 cm³/mol. The number of nitrogens with zero attached hydrogens (tertiary/aromatic N) is 2. The Hall–Kier alpha value is -3.04. The van der Waals surface area contributed by atoms with Crippen molar-refractivity contribution in [1.29, 1.82) is 0 Å². The van der Waals surface area contributed by atoms with Gasteiger partial charge < -0.3 is 4.74 Å². The van der Waals surface area contributed by atoms with Crippen molar-refractivity contribution in [2.45, 2.75) is 19.4 Å². The molecule has 2 aromatic carbocycles. The molecular formula is C21H18N2O5S2. The number of ether oxygens (including phenoxy) is 1. The zero-order valence-corrected chi connectivity index (χ0v) is 17.7. The molecule has 1 amide bonds. The Morgan fingerprint density at radius 1 is 1.27 bits per heavy atom. The SMILES string of the molecule is CCCOC(=O)C(c1ccccc1)N1C(=O)/C(=C/c2cccc([N+](=O)[O-])c2)SC1=S. The summed E-state index contributed by atoms with van der Waals surface area (Å²) < 4.78 is 5.54. The lowest BCUT2D eigenvalue weighted by Gasteiger charge is -2.25. The van der Waals surface area contributed by atoms with Gasteiger partial charge in [0.05, 0.1) is 16.4 Å². The fraction of sp³-hybridized carbons (Fsp3) is 0.190. The Morgan fingerprint density at radius 2 is 2.00 bits per heavy atom. The Balaban J connectivity index is 1.95. The van der Waals surface area contributed by atoms with Gasteiger partial charge in [-0.15, -0.1) is 0 Å². The first kappa shape index (κ1) is 21.7. The second kappa shape index (κ2) is 9.64. The van der Waals surface area contributed by atoms with E-state index in [9.17, 15) is 19.7 Å². The highest BCUT2D eigenvalue weighted by Gasteiger charge is 2.42.